The third-order valence-corrected chi connectivity index (χ3v) is 2.44. The fourth-order valence-electron chi connectivity index (χ4n) is 1.55. The number of rotatable bonds is 4. The molecule has 3 N–H and O–H groups in total. The van der Waals surface area contributed by atoms with Gasteiger partial charge in [-0.05, 0) is 12.1 Å². The highest BCUT2D eigenvalue weighted by Crippen LogP contribution is 1.99. The van der Waals surface area contributed by atoms with Crippen molar-refractivity contribution in [1.29, 1.82) is 0 Å². The molecular formula is C11H12N4O3. The molecule has 2 heterocycles. The van der Waals surface area contributed by atoms with E-state index in [2.05, 4.69) is 20.9 Å². The summed E-state index contributed by atoms with van der Waals surface area (Å²) in [6.45, 7) is 0.294. The fraction of sp³-hybridized carbons (Fsp3) is 0.273. The maximum Gasteiger partial charge on any atom is 0.322 e. The highest BCUT2D eigenvalue weighted by Gasteiger charge is 2.31. The Kier molecular flexibility index (Phi) is 3.52. The van der Waals surface area contributed by atoms with Crippen LogP contribution in [0.15, 0.2) is 24.4 Å². The fourth-order valence-corrected chi connectivity index (χ4v) is 1.55. The van der Waals surface area contributed by atoms with E-state index >= 15 is 0 Å². The molecule has 1 aromatic rings. The standard InChI is InChI=1S/C11H12N4O3/c16-9(5-8-10(17)15-11(18)14-8)13-6-7-3-1-2-4-12-7/h1-4,8H,5-6H2,(H,13,16)(H2,14,15,17,18). The second kappa shape index (κ2) is 5.26. The van der Waals surface area contributed by atoms with E-state index in [0.29, 0.717) is 6.54 Å². The Labute approximate surface area is 103 Å². The van der Waals surface area contributed by atoms with Gasteiger partial charge in [-0.1, -0.05) is 6.07 Å². The van der Waals surface area contributed by atoms with Gasteiger partial charge >= 0.3 is 6.03 Å². The molecule has 7 nitrogen and oxygen atoms in total. The topological polar surface area (TPSA) is 100 Å². The van der Waals surface area contributed by atoms with E-state index in [1.807, 2.05) is 6.07 Å². The van der Waals surface area contributed by atoms with Crippen LogP contribution in [0.4, 0.5) is 4.79 Å². The zero-order chi connectivity index (χ0) is 13.0. The van der Waals surface area contributed by atoms with Gasteiger partial charge in [-0.3, -0.25) is 19.9 Å². The van der Waals surface area contributed by atoms with Gasteiger partial charge in [0.2, 0.25) is 5.91 Å². The summed E-state index contributed by atoms with van der Waals surface area (Å²) in [6, 6.07) is 4.02. The second-order valence-electron chi connectivity index (χ2n) is 3.82. The molecule has 1 atom stereocenters. The Bertz CT molecular complexity index is 474. The molecule has 1 saturated heterocycles. The minimum Gasteiger partial charge on any atom is -0.350 e. The summed E-state index contributed by atoms with van der Waals surface area (Å²) in [6.07, 6.45) is 1.55. The van der Waals surface area contributed by atoms with Crippen molar-refractivity contribution in [2.45, 2.75) is 19.0 Å². The molecule has 1 aliphatic heterocycles. The van der Waals surface area contributed by atoms with Crippen molar-refractivity contribution in [3.8, 4) is 0 Å². The molecule has 1 aromatic heterocycles. The van der Waals surface area contributed by atoms with Gasteiger partial charge < -0.3 is 10.6 Å². The molecule has 0 radical (unpaired) electrons. The first-order valence-electron chi connectivity index (χ1n) is 5.43. The molecule has 0 aliphatic carbocycles. The van der Waals surface area contributed by atoms with Gasteiger partial charge in [0.25, 0.3) is 5.91 Å². The summed E-state index contributed by atoms with van der Waals surface area (Å²) in [5, 5.41) is 7.05. The molecule has 0 spiro atoms. The monoisotopic (exact) mass is 248 g/mol. The number of pyridine rings is 1. The van der Waals surface area contributed by atoms with Crippen molar-refractivity contribution in [3.05, 3.63) is 30.1 Å². The van der Waals surface area contributed by atoms with E-state index in [1.54, 1.807) is 18.3 Å². The normalized spacial score (nSPS) is 18.1. The largest absolute Gasteiger partial charge is 0.350 e. The summed E-state index contributed by atoms with van der Waals surface area (Å²) < 4.78 is 0. The van der Waals surface area contributed by atoms with Crippen molar-refractivity contribution < 1.29 is 14.4 Å². The van der Waals surface area contributed by atoms with E-state index in [9.17, 15) is 14.4 Å². The molecule has 0 aromatic carbocycles. The molecule has 0 saturated carbocycles. The average molecular weight is 248 g/mol. The predicted octanol–water partition coefficient (Wildman–Crippen LogP) is -0.704. The summed E-state index contributed by atoms with van der Waals surface area (Å²) in [7, 11) is 0. The Balaban J connectivity index is 1.79. The molecule has 18 heavy (non-hydrogen) atoms. The zero-order valence-electron chi connectivity index (χ0n) is 9.47. The van der Waals surface area contributed by atoms with Crippen LogP contribution in [-0.4, -0.2) is 28.9 Å². The maximum atomic E-state index is 11.6. The van der Waals surface area contributed by atoms with Gasteiger partial charge in [-0.25, -0.2) is 4.79 Å². The summed E-state index contributed by atoms with van der Waals surface area (Å²) in [4.78, 5) is 37.6. The lowest BCUT2D eigenvalue weighted by Crippen LogP contribution is -2.36. The molecule has 0 bridgehead atoms. The van der Waals surface area contributed by atoms with Gasteiger partial charge in [0.1, 0.15) is 6.04 Å². The Morgan fingerprint density at radius 2 is 2.22 bits per heavy atom. The van der Waals surface area contributed by atoms with Gasteiger partial charge in [0.15, 0.2) is 0 Å². The number of hydrogen-bond donors (Lipinski definition) is 3. The first-order valence-corrected chi connectivity index (χ1v) is 5.43. The van der Waals surface area contributed by atoms with Gasteiger partial charge in [-0.2, -0.15) is 0 Å². The van der Waals surface area contributed by atoms with Crippen LogP contribution in [0.2, 0.25) is 0 Å². The lowest BCUT2D eigenvalue weighted by molar-refractivity contribution is -0.126. The van der Waals surface area contributed by atoms with Crippen molar-refractivity contribution in [2.75, 3.05) is 0 Å². The first-order chi connectivity index (χ1) is 8.65. The molecule has 2 rings (SSSR count). The number of imide groups is 1. The van der Waals surface area contributed by atoms with Crippen molar-refractivity contribution in [3.63, 3.8) is 0 Å². The molecule has 7 heteroatoms. The Morgan fingerprint density at radius 3 is 2.83 bits per heavy atom. The molecular weight excluding hydrogens is 236 g/mol. The summed E-state index contributed by atoms with van der Waals surface area (Å²) >= 11 is 0. The lowest BCUT2D eigenvalue weighted by Gasteiger charge is -2.07. The van der Waals surface area contributed by atoms with E-state index < -0.39 is 18.0 Å². The van der Waals surface area contributed by atoms with E-state index in [1.165, 1.54) is 0 Å². The van der Waals surface area contributed by atoms with Gasteiger partial charge in [0, 0.05) is 6.20 Å². The molecule has 1 aliphatic rings. The minimum absolute atomic E-state index is 0.0790. The summed E-state index contributed by atoms with van der Waals surface area (Å²) in [5.74, 6) is -0.795. The average Bonchev–Trinajstić information content (AvgIpc) is 2.67. The van der Waals surface area contributed by atoms with Crippen LogP contribution in [0.3, 0.4) is 0 Å². The zero-order valence-corrected chi connectivity index (χ0v) is 9.47. The third kappa shape index (κ3) is 3.03. The SMILES string of the molecule is O=C(CC1NC(=O)NC1=O)NCc1ccccn1. The molecule has 1 fully saturated rings. The highest BCUT2D eigenvalue weighted by atomic mass is 16.2. The van der Waals surface area contributed by atoms with Crippen LogP contribution in [0.5, 0.6) is 0 Å². The van der Waals surface area contributed by atoms with Crippen LogP contribution in [-0.2, 0) is 16.1 Å². The van der Waals surface area contributed by atoms with E-state index in [0.717, 1.165) is 5.69 Å². The van der Waals surface area contributed by atoms with Gasteiger partial charge in [-0.15, -0.1) is 0 Å². The van der Waals surface area contributed by atoms with Gasteiger partial charge in [0.05, 0.1) is 18.7 Å². The first kappa shape index (κ1) is 12.0. The quantitative estimate of drug-likeness (QED) is 0.613. The number of amides is 4. The number of carbonyl (C=O) groups is 3. The summed E-state index contributed by atoms with van der Waals surface area (Å²) in [5.41, 5.74) is 0.728. The van der Waals surface area contributed by atoms with E-state index in [-0.39, 0.29) is 12.3 Å². The predicted molar refractivity (Wildman–Crippen MR) is 61.2 cm³/mol. The molecule has 1 unspecified atom stereocenters. The third-order valence-electron chi connectivity index (χ3n) is 2.44. The number of aromatic nitrogens is 1. The number of hydrogen-bond acceptors (Lipinski definition) is 4. The van der Waals surface area contributed by atoms with Crippen LogP contribution < -0.4 is 16.0 Å². The minimum atomic E-state index is -0.791. The number of urea groups is 1. The number of nitrogens with zero attached hydrogens (tertiary/aromatic N) is 1. The Hall–Kier alpha value is -2.44. The smallest absolute Gasteiger partial charge is 0.322 e. The van der Waals surface area contributed by atoms with Crippen LogP contribution >= 0.6 is 0 Å². The number of carbonyl (C=O) groups excluding carboxylic acids is 3. The lowest BCUT2D eigenvalue weighted by atomic mass is 10.2. The molecule has 94 valence electrons. The van der Waals surface area contributed by atoms with Crippen LogP contribution in [0.25, 0.3) is 0 Å². The van der Waals surface area contributed by atoms with Crippen molar-refractivity contribution in [1.82, 2.24) is 20.9 Å². The Morgan fingerprint density at radius 1 is 1.39 bits per heavy atom. The highest BCUT2D eigenvalue weighted by molar-refractivity contribution is 6.05. The van der Waals surface area contributed by atoms with Crippen LogP contribution in [0, 0.1) is 0 Å². The molecule has 4 amide bonds. The van der Waals surface area contributed by atoms with Crippen molar-refractivity contribution in [2.24, 2.45) is 0 Å². The van der Waals surface area contributed by atoms with Crippen molar-refractivity contribution >= 4 is 17.8 Å². The van der Waals surface area contributed by atoms with E-state index in [4.69, 9.17) is 0 Å². The number of nitrogens with one attached hydrogen (secondary N) is 3. The van der Waals surface area contributed by atoms with Crippen LogP contribution in [0.1, 0.15) is 12.1 Å². The maximum absolute atomic E-state index is 11.6. The second-order valence-corrected chi connectivity index (χ2v) is 3.82.